The lowest BCUT2D eigenvalue weighted by atomic mass is 9.43. The zero-order chi connectivity index (χ0) is 53.5. The van der Waals surface area contributed by atoms with Gasteiger partial charge >= 0.3 is 30.2 Å². The van der Waals surface area contributed by atoms with Crippen LogP contribution in [0.4, 0.5) is 9.59 Å². The Labute approximate surface area is 430 Å². The highest BCUT2D eigenvalue weighted by atomic mass is 33.1. The standard InChI is InChI=1S/C52H70N2O16S2/c1-11-53-22-24-71-72-25-23-64-47(61)67-40(39(32-18-14-12-15-19-32)54-46(60)70-48(4,5)6)45(59)66-35-27-52(62)43(68-44(58)33-20-16-13-17-21-33)41-50(9,42(57)34(28-55)38(30(35)2)49(52,7)8)36(63-10)26-37-51(41,29-65-37)69-31(3)56/h12-21,34-37,39-41,43,53,55,62H,11,22-29H2,1-10H3,(H,54,60)/t34-,35+,36+,37-,39+,40-,41+,43+,50-,51+,52-/m1/s1/i1T. The minimum absolute atomic E-state index is 0.0627. The van der Waals surface area contributed by atoms with Gasteiger partial charge in [-0.3, -0.25) is 9.59 Å². The smallest absolute Gasteiger partial charge is 0.455 e. The van der Waals surface area contributed by atoms with E-state index in [1.165, 1.54) is 47.8 Å². The molecular weight excluding hydrogens is 973 g/mol. The van der Waals surface area contributed by atoms with Crippen molar-refractivity contribution < 1.29 is 78.2 Å². The first-order valence-corrected chi connectivity index (χ1v) is 26.5. The van der Waals surface area contributed by atoms with Gasteiger partial charge in [0, 0.05) is 51.7 Å². The van der Waals surface area contributed by atoms with Crippen molar-refractivity contribution in [1.29, 1.82) is 0 Å². The van der Waals surface area contributed by atoms with Crippen LogP contribution in [-0.4, -0.2) is 145 Å². The third kappa shape index (κ3) is 11.5. The van der Waals surface area contributed by atoms with Gasteiger partial charge in [0.25, 0.3) is 0 Å². The van der Waals surface area contributed by atoms with Crippen LogP contribution in [0.25, 0.3) is 0 Å². The van der Waals surface area contributed by atoms with Crippen molar-refractivity contribution in [2.24, 2.45) is 22.7 Å². The van der Waals surface area contributed by atoms with E-state index in [1.807, 2.05) is 0 Å². The van der Waals surface area contributed by atoms with Crippen molar-refractivity contribution in [1.82, 2.24) is 10.6 Å². The van der Waals surface area contributed by atoms with Gasteiger partial charge in [0.15, 0.2) is 11.4 Å². The number of nitrogens with one attached hydrogen (secondary N) is 2. The second-order valence-electron chi connectivity index (χ2n) is 20.2. The number of benzene rings is 2. The number of aliphatic hydroxyl groups excluding tert-OH is 1. The number of alkyl carbamates (subject to hydrolysis) is 1. The molecule has 11 atom stereocenters. The van der Waals surface area contributed by atoms with Gasteiger partial charge in [0.1, 0.15) is 42.2 Å². The predicted octanol–water partition coefficient (Wildman–Crippen LogP) is 6.31. The van der Waals surface area contributed by atoms with E-state index in [2.05, 4.69) is 10.6 Å². The van der Waals surface area contributed by atoms with Crippen molar-refractivity contribution >= 4 is 57.5 Å². The number of hydrogen-bond acceptors (Lipinski definition) is 19. The van der Waals surface area contributed by atoms with Gasteiger partial charge in [-0.15, -0.1) is 0 Å². The topological polar surface area (TPSA) is 241 Å². The Bertz CT molecular complexity index is 2340. The largest absolute Gasteiger partial charge is 0.509 e. The van der Waals surface area contributed by atoms with Crippen molar-refractivity contribution in [2.45, 2.75) is 128 Å². The van der Waals surface area contributed by atoms with Crippen molar-refractivity contribution in [2.75, 3.05) is 51.5 Å². The Kier molecular flexibility index (Phi) is 17.8. The number of carbonyl (C=O) groups is 6. The number of Topliss-reactive ketones (excluding diaryl/α,β-unsaturated/α-hetero) is 1. The highest BCUT2D eigenvalue weighted by molar-refractivity contribution is 8.76. The molecule has 2 aromatic carbocycles. The lowest BCUT2D eigenvalue weighted by Gasteiger charge is -2.68. The van der Waals surface area contributed by atoms with Crippen LogP contribution in [0.15, 0.2) is 71.8 Å². The minimum atomic E-state index is -2.34. The van der Waals surface area contributed by atoms with E-state index in [9.17, 15) is 29.4 Å². The van der Waals surface area contributed by atoms with Gasteiger partial charge < -0.3 is 58.7 Å². The molecular formula is C52H70N2O16S2. The first-order valence-electron chi connectivity index (χ1n) is 24.7. The molecule has 1 heterocycles. The minimum Gasteiger partial charge on any atom is -0.455 e. The Morgan fingerprint density at radius 1 is 0.986 bits per heavy atom. The molecule has 0 radical (unpaired) electrons. The number of hydrogen-bond donors (Lipinski definition) is 4. The monoisotopic (exact) mass is 1040 g/mol. The first kappa shape index (κ1) is 55.1. The second kappa shape index (κ2) is 23.2. The predicted molar refractivity (Wildman–Crippen MR) is 267 cm³/mol. The SMILES string of the molecule is [3H]CCNCCSSCCOC(=O)O[C@@H](C(=O)O[C@H]1C[C@@]2(O)[C@@H](OC(=O)c3ccccc3)[C@@H]3[C@]4(OC(C)=O)CO[C@@H]4C[C@H](OC)[C@@]3(C)C(=O)[C@H](CO)C(=C1C)C2(C)C)[C@@H](NC(=O)OC(C)(C)C)c1ccccc1. The molecule has 3 aliphatic carbocycles. The fourth-order valence-corrected chi connectivity index (χ4v) is 12.8. The number of ketones is 1. The fraction of sp³-hybridized carbons (Fsp3) is 0.615. The zero-order valence-corrected chi connectivity index (χ0v) is 44.0. The van der Waals surface area contributed by atoms with E-state index in [1.54, 1.807) is 97.0 Å². The summed E-state index contributed by atoms with van der Waals surface area (Å²) in [5.74, 6) is -5.12. The van der Waals surface area contributed by atoms with Crippen LogP contribution in [0.3, 0.4) is 0 Å². The molecule has 2 saturated carbocycles. The molecule has 0 aromatic heterocycles. The van der Waals surface area contributed by atoms with Crippen molar-refractivity contribution in [3.05, 3.63) is 82.9 Å². The van der Waals surface area contributed by atoms with Gasteiger partial charge in [0.05, 0.1) is 42.1 Å². The summed E-state index contributed by atoms with van der Waals surface area (Å²) in [6.07, 6.45) is -9.78. The lowest BCUT2D eigenvalue weighted by Crippen LogP contribution is -2.81. The molecule has 1 amide bonds. The highest BCUT2D eigenvalue weighted by Crippen LogP contribution is 2.65. The Morgan fingerprint density at radius 3 is 2.25 bits per heavy atom. The fourth-order valence-electron chi connectivity index (χ4n) is 11.0. The van der Waals surface area contributed by atoms with E-state index in [0.717, 1.165) is 5.75 Å². The van der Waals surface area contributed by atoms with Crippen molar-refractivity contribution in [3.63, 3.8) is 0 Å². The summed E-state index contributed by atoms with van der Waals surface area (Å²) < 4.78 is 55.4. The number of carbonyl (C=O) groups excluding carboxylic acids is 6. The van der Waals surface area contributed by atoms with E-state index >= 15 is 9.59 Å². The number of esters is 3. The quantitative estimate of drug-likeness (QED) is 0.0396. The Hall–Kier alpha value is -4.70. The molecule has 20 heteroatoms. The number of rotatable bonds is 19. The molecule has 1 saturated heterocycles. The molecule has 2 bridgehead atoms. The van der Waals surface area contributed by atoms with Crippen LogP contribution in [0.2, 0.25) is 0 Å². The van der Waals surface area contributed by atoms with Gasteiger partial charge in [-0.2, -0.15) is 0 Å². The molecule has 4 aliphatic rings. The van der Waals surface area contributed by atoms with Crippen LogP contribution in [-0.2, 0) is 52.3 Å². The highest BCUT2D eigenvalue weighted by Gasteiger charge is 2.78. The molecule has 3 fully saturated rings. The normalized spacial score (nSPS) is 29.5. The third-order valence-corrected chi connectivity index (χ3v) is 16.7. The number of fused-ring (bicyclic) bond motifs is 5. The van der Waals surface area contributed by atoms with E-state index in [-0.39, 0.29) is 43.2 Å². The lowest BCUT2D eigenvalue weighted by molar-refractivity contribution is -0.347. The molecule has 396 valence electrons. The molecule has 4 N–H and O–H groups in total. The molecule has 72 heavy (non-hydrogen) atoms. The average molecular weight is 1050 g/mol. The van der Waals surface area contributed by atoms with E-state index in [0.29, 0.717) is 24.4 Å². The number of methoxy groups -OCH3 is 1. The maximum absolute atomic E-state index is 15.8. The summed E-state index contributed by atoms with van der Waals surface area (Å²) in [6.45, 7) is 13.0. The molecule has 0 spiro atoms. The molecule has 1 aliphatic heterocycles. The third-order valence-electron chi connectivity index (χ3n) is 14.4. The Morgan fingerprint density at radius 2 is 1.65 bits per heavy atom. The summed E-state index contributed by atoms with van der Waals surface area (Å²) >= 11 is 0. The van der Waals surface area contributed by atoms with Crippen molar-refractivity contribution in [3.8, 4) is 0 Å². The summed E-state index contributed by atoms with van der Waals surface area (Å²) in [5.41, 5.74) is -7.49. The molecule has 6 rings (SSSR count). The maximum atomic E-state index is 15.8. The van der Waals surface area contributed by atoms with Crippen LogP contribution in [0.5, 0.6) is 0 Å². The van der Waals surface area contributed by atoms with Gasteiger partial charge in [-0.05, 0) is 70.0 Å². The maximum Gasteiger partial charge on any atom is 0.509 e. The molecule has 18 nitrogen and oxygen atoms in total. The second-order valence-corrected chi connectivity index (χ2v) is 22.9. The summed E-state index contributed by atoms with van der Waals surface area (Å²) in [7, 11) is 4.38. The van der Waals surface area contributed by atoms with Gasteiger partial charge in [0.2, 0.25) is 6.10 Å². The van der Waals surface area contributed by atoms with E-state index < -0.39 is 125 Å². The summed E-state index contributed by atoms with van der Waals surface area (Å²) in [6, 6.07) is 14.7. The van der Waals surface area contributed by atoms with Crippen LogP contribution >= 0.6 is 21.6 Å². The van der Waals surface area contributed by atoms with Gasteiger partial charge in [-0.25, -0.2) is 19.2 Å². The summed E-state index contributed by atoms with van der Waals surface area (Å²) in [4.78, 5) is 85.9. The molecule has 2 aromatic rings. The van der Waals surface area contributed by atoms with Crippen LogP contribution in [0, 0.1) is 22.7 Å². The molecule has 0 unspecified atom stereocenters. The van der Waals surface area contributed by atoms with Crippen LogP contribution < -0.4 is 10.6 Å². The number of amides is 1. The number of aliphatic hydroxyl groups is 2. The average Bonchev–Trinajstić information content (AvgIpc) is 3.33. The zero-order valence-electron chi connectivity index (χ0n) is 43.4. The van der Waals surface area contributed by atoms with E-state index in [4.69, 9.17) is 39.3 Å². The first-order chi connectivity index (χ1) is 34.5. The van der Waals surface area contributed by atoms with Gasteiger partial charge in [-0.1, -0.05) is 90.9 Å². The van der Waals surface area contributed by atoms with Crippen LogP contribution in [0.1, 0.15) is 98.5 Å². The Balaban J connectivity index is 1.47. The number of ether oxygens (including phenoxy) is 8. The summed E-state index contributed by atoms with van der Waals surface area (Å²) in [5, 5.41) is 31.2.